The highest BCUT2D eigenvalue weighted by molar-refractivity contribution is 5.72. The van der Waals surface area contributed by atoms with Crippen molar-refractivity contribution in [3.63, 3.8) is 0 Å². The van der Waals surface area contributed by atoms with E-state index in [0.29, 0.717) is 19.8 Å². The Morgan fingerprint density at radius 2 is 2.33 bits per heavy atom. The first kappa shape index (κ1) is 11.8. The third-order valence-corrected chi connectivity index (χ3v) is 2.18. The molecule has 1 heterocycles. The van der Waals surface area contributed by atoms with Crippen LogP contribution >= 0.6 is 0 Å². The lowest BCUT2D eigenvalue weighted by molar-refractivity contribution is -0.145. The lowest BCUT2D eigenvalue weighted by atomic mass is 10.1. The van der Waals surface area contributed by atoms with Crippen molar-refractivity contribution in [1.82, 2.24) is 4.90 Å². The molecule has 1 saturated heterocycles. The van der Waals surface area contributed by atoms with E-state index in [4.69, 9.17) is 14.6 Å². The molecule has 0 aromatic carbocycles. The molecule has 1 aliphatic heterocycles. The normalized spacial score (nSPS) is 21.1. The maximum Gasteiger partial charge on any atom is 0.407 e. The van der Waals surface area contributed by atoms with Crippen LogP contribution in [0.3, 0.4) is 0 Å². The minimum atomic E-state index is -1.02. The standard InChI is InChI=1S/C9H15NO5/c1-2-15-8(11)5-7-6-14-4-3-10(7)9(12)13/h7H,2-6H2,1H3,(H,12,13). The molecule has 1 aliphatic rings. The predicted octanol–water partition coefficient (Wildman–Crippen LogP) is 0.318. The Morgan fingerprint density at radius 1 is 1.60 bits per heavy atom. The maximum atomic E-state index is 11.2. The second-order valence-corrected chi connectivity index (χ2v) is 3.21. The fourth-order valence-electron chi connectivity index (χ4n) is 1.49. The molecule has 1 unspecified atom stereocenters. The first-order valence-electron chi connectivity index (χ1n) is 4.88. The number of carbonyl (C=O) groups is 2. The van der Waals surface area contributed by atoms with Crippen molar-refractivity contribution in [3.05, 3.63) is 0 Å². The van der Waals surface area contributed by atoms with Crippen LogP contribution < -0.4 is 0 Å². The Balaban J connectivity index is 2.49. The summed E-state index contributed by atoms with van der Waals surface area (Å²) >= 11 is 0. The highest BCUT2D eigenvalue weighted by Crippen LogP contribution is 2.11. The number of carbonyl (C=O) groups excluding carboxylic acids is 1. The van der Waals surface area contributed by atoms with E-state index in [1.165, 1.54) is 4.90 Å². The van der Waals surface area contributed by atoms with Crippen LogP contribution in [0.2, 0.25) is 0 Å². The molecule has 0 aromatic rings. The number of esters is 1. The van der Waals surface area contributed by atoms with E-state index in [2.05, 4.69) is 0 Å². The van der Waals surface area contributed by atoms with Crippen LogP contribution in [-0.4, -0.2) is 54.5 Å². The first-order chi connectivity index (χ1) is 7.15. The van der Waals surface area contributed by atoms with Gasteiger partial charge in [0.1, 0.15) is 0 Å². The van der Waals surface area contributed by atoms with Crippen molar-refractivity contribution >= 4 is 12.1 Å². The van der Waals surface area contributed by atoms with Crippen LogP contribution in [0.5, 0.6) is 0 Å². The molecular weight excluding hydrogens is 202 g/mol. The van der Waals surface area contributed by atoms with Crippen molar-refractivity contribution in [2.45, 2.75) is 19.4 Å². The number of amides is 1. The molecule has 1 rings (SSSR count). The summed E-state index contributed by atoms with van der Waals surface area (Å²) in [6.45, 7) is 2.96. The number of ether oxygens (including phenoxy) is 2. The van der Waals surface area contributed by atoms with Crippen LogP contribution in [0.4, 0.5) is 4.79 Å². The number of carboxylic acid groups (broad SMARTS) is 1. The molecule has 15 heavy (non-hydrogen) atoms. The molecule has 0 saturated carbocycles. The molecule has 1 atom stereocenters. The number of hydrogen-bond donors (Lipinski definition) is 1. The summed E-state index contributed by atoms with van der Waals surface area (Å²) in [5.74, 6) is -0.390. The van der Waals surface area contributed by atoms with Gasteiger partial charge in [0.2, 0.25) is 0 Å². The van der Waals surface area contributed by atoms with E-state index in [0.717, 1.165) is 0 Å². The summed E-state index contributed by atoms with van der Waals surface area (Å²) < 4.78 is 9.89. The molecule has 0 aliphatic carbocycles. The van der Waals surface area contributed by atoms with E-state index in [1.54, 1.807) is 6.92 Å². The molecular formula is C9H15NO5. The van der Waals surface area contributed by atoms with E-state index >= 15 is 0 Å². The summed E-state index contributed by atoms with van der Waals surface area (Å²) in [6.07, 6.45) is -0.965. The molecule has 6 heteroatoms. The van der Waals surface area contributed by atoms with Crippen LogP contribution in [0.15, 0.2) is 0 Å². The second-order valence-electron chi connectivity index (χ2n) is 3.21. The number of hydrogen-bond acceptors (Lipinski definition) is 4. The average molecular weight is 217 g/mol. The van der Waals surface area contributed by atoms with E-state index in [-0.39, 0.29) is 19.0 Å². The SMILES string of the molecule is CCOC(=O)CC1COCCN1C(=O)O. The predicted molar refractivity (Wildman–Crippen MR) is 50.6 cm³/mol. The molecule has 1 N–H and O–H groups in total. The highest BCUT2D eigenvalue weighted by Gasteiger charge is 2.29. The molecule has 0 bridgehead atoms. The van der Waals surface area contributed by atoms with Gasteiger partial charge in [-0.2, -0.15) is 0 Å². The second kappa shape index (κ2) is 5.55. The van der Waals surface area contributed by atoms with Gasteiger partial charge in [-0.1, -0.05) is 0 Å². The molecule has 0 spiro atoms. The molecule has 0 radical (unpaired) electrons. The Labute approximate surface area is 87.8 Å². The van der Waals surface area contributed by atoms with Crippen LogP contribution in [0.1, 0.15) is 13.3 Å². The Hall–Kier alpha value is -1.30. The third kappa shape index (κ3) is 3.39. The zero-order chi connectivity index (χ0) is 11.3. The first-order valence-corrected chi connectivity index (χ1v) is 4.88. The zero-order valence-corrected chi connectivity index (χ0v) is 8.64. The van der Waals surface area contributed by atoms with Crippen LogP contribution in [0, 0.1) is 0 Å². The largest absolute Gasteiger partial charge is 0.466 e. The lowest BCUT2D eigenvalue weighted by Gasteiger charge is -2.32. The van der Waals surface area contributed by atoms with E-state index in [9.17, 15) is 9.59 Å². The monoisotopic (exact) mass is 217 g/mol. The Bertz CT molecular complexity index is 243. The quantitative estimate of drug-likeness (QED) is 0.689. The van der Waals surface area contributed by atoms with Gasteiger partial charge in [-0.15, -0.1) is 0 Å². The van der Waals surface area contributed by atoms with Crippen molar-refractivity contribution in [1.29, 1.82) is 0 Å². The van der Waals surface area contributed by atoms with E-state index < -0.39 is 12.1 Å². The smallest absolute Gasteiger partial charge is 0.407 e. The summed E-state index contributed by atoms with van der Waals surface area (Å²) in [6, 6.07) is -0.421. The third-order valence-electron chi connectivity index (χ3n) is 2.18. The lowest BCUT2D eigenvalue weighted by Crippen LogP contribution is -2.49. The number of nitrogens with zero attached hydrogens (tertiary/aromatic N) is 1. The zero-order valence-electron chi connectivity index (χ0n) is 8.64. The minimum Gasteiger partial charge on any atom is -0.466 e. The Morgan fingerprint density at radius 3 is 2.93 bits per heavy atom. The topological polar surface area (TPSA) is 76.1 Å². The molecule has 86 valence electrons. The average Bonchev–Trinajstić information content (AvgIpc) is 2.18. The number of rotatable bonds is 3. The highest BCUT2D eigenvalue weighted by atomic mass is 16.5. The van der Waals surface area contributed by atoms with Crippen LogP contribution in [0.25, 0.3) is 0 Å². The van der Waals surface area contributed by atoms with Gasteiger partial charge in [0.25, 0.3) is 0 Å². The van der Waals surface area contributed by atoms with Gasteiger partial charge in [-0.05, 0) is 6.92 Å². The summed E-state index contributed by atoms with van der Waals surface area (Å²) in [5, 5.41) is 8.87. The van der Waals surface area contributed by atoms with Crippen molar-refractivity contribution < 1.29 is 24.2 Å². The van der Waals surface area contributed by atoms with Gasteiger partial charge in [0.15, 0.2) is 0 Å². The number of morpholine rings is 1. The molecule has 0 aromatic heterocycles. The van der Waals surface area contributed by atoms with Gasteiger partial charge in [-0.3, -0.25) is 4.79 Å². The van der Waals surface area contributed by atoms with Gasteiger partial charge < -0.3 is 19.5 Å². The fourth-order valence-corrected chi connectivity index (χ4v) is 1.49. The maximum absolute atomic E-state index is 11.2. The molecule has 1 fully saturated rings. The van der Waals surface area contributed by atoms with Crippen molar-refractivity contribution in [3.8, 4) is 0 Å². The molecule has 1 amide bonds. The summed E-state index contributed by atoms with van der Waals surface area (Å²) in [4.78, 5) is 23.2. The van der Waals surface area contributed by atoms with Gasteiger partial charge >= 0.3 is 12.1 Å². The van der Waals surface area contributed by atoms with Crippen LogP contribution in [-0.2, 0) is 14.3 Å². The van der Waals surface area contributed by atoms with Gasteiger partial charge in [0, 0.05) is 6.54 Å². The van der Waals surface area contributed by atoms with Gasteiger partial charge in [0.05, 0.1) is 32.3 Å². The summed E-state index contributed by atoms with van der Waals surface area (Å²) in [7, 11) is 0. The fraction of sp³-hybridized carbons (Fsp3) is 0.778. The van der Waals surface area contributed by atoms with E-state index in [1.807, 2.05) is 0 Å². The minimum absolute atomic E-state index is 0.0557. The van der Waals surface area contributed by atoms with Crippen molar-refractivity contribution in [2.75, 3.05) is 26.4 Å². The van der Waals surface area contributed by atoms with Crippen molar-refractivity contribution in [2.24, 2.45) is 0 Å². The Kier molecular flexibility index (Phi) is 4.36. The summed E-state index contributed by atoms with van der Waals surface area (Å²) in [5.41, 5.74) is 0. The van der Waals surface area contributed by atoms with Gasteiger partial charge in [-0.25, -0.2) is 4.79 Å². The molecule has 6 nitrogen and oxygen atoms in total.